The Kier molecular flexibility index (Phi) is 4.47. The van der Waals surface area contributed by atoms with E-state index in [1.807, 2.05) is 19.9 Å². The van der Waals surface area contributed by atoms with Gasteiger partial charge in [0.05, 0.1) is 12.8 Å². The quantitative estimate of drug-likeness (QED) is 0.567. The van der Waals surface area contributed by atoms with Gasteiger partial charge in [-0.15, -0.1) is 16.4 Å². The zero-order chi connectivity index (χ0) is 19.8. The molecular formula is C18H15FN6O2S. The van der Waals surface area contributed by atoms with Gasteiger partial charge in [-0.25, -0.2) is 18.9 Å². The molecule has 1 amide bonds. The summed E-state index contributed by atoms with van der Waals surface area (Å²) in [6.07, 6.45) is 0. The molecule has 0 atom stereocenters. The number of hydrogen-bond acceptors (Lipinski definition) is 7. The highest BCUT2D eigenvalue weighted by Gasteiger charge is 2.17. The first-order valence-electron chi connectivity index (χ1n) is 8.26. The molecule has 0 aliphatic heterocycles. The number of hydrogen-bond donors (Lipinski definition) is 1. The predicted octanol–water partition coefficient (Wildman–Crippen LogP) is 3.26. The van der Waals surface area contributed by atoms with Gasteiger partial charge in [0.2, 0.25) is 5.82 Å². The van der Waals surface area contributed by atoms with Crippen LogP contribution in [0.15, 0.2) is 29.6 Å². The van der Waals surface area contributed by atoms with Crippen molar-refractivity contribution in [2.24, 2.45) is 0 Å². The minimum absolute atomic E-state index is 0.00607. The fourth-order valence-corrected chi connectivity index (χ4v) is 3.42. The highest BCUT2D eigenvalue weighted by Crippen LogP contribution is 2.28. The molecular weight excluding hydrogens is 383 g/mol. The van der Waals surface area contributed by atoms with Crippen molar-refractivity contribution in [3.63, 3.8) is 0 Å². The summed E-state index contributed by atoms with van der Waals surface area (Å²) in [7, 11) is 1.40. The van der Waals surface area contributed by atoms with Gasteiger partial charge >= 0.3 is 0 Å². The maximum absolute atomic E-state index is 13.9. The molecule has 4 aromatic rings. The van der Waals surface area contributed by atoms with Crippen LogP contribution in [0.2, 0.25) is 0 Å². The van der Waals surface area contributed by atoms with E-state index < -0.39 is 11.7 Å². The predicted molar refractivity (Wildman–Crippen MR) is 102 cm³/mol. The zero-order valence-corrected chi connectivity index (χ0v) is 16.0. The molecule has 3 heterocycles. The average molecular weight is 398 g/mol. The molecule has 0 saturated carbocycles. The molecule has 0 fully saturated rings. The Balaban J connectivity index is 1.56. The molecule has 1 N–H and O–H groups in total. The lowest BCUT2D eigenvalue weighted by Gasteiger charge is -2.03. The summed E-state index contributed by atoms with van der Waals surface area (Å²) in [5.41, 5.74) is 2.74. The minimum atomic E-state index is -0.496. The summed E-state index contributed by atoms with van der Waals surface area (Å²) >= 11 is 1.22. The molecule has 28 heavy (non-hydrogen) atoms. The molecule has 4 rings (SSSR count). The molecule has 0 radical (unpaired) electrons. The van der Waals surface area contributed by atoms with E-state index >= 15 is 0 Å². The number of aromatic nitrogens is 5. The van der Waals surface area contributed by atoms with Crippen LogP contribution in [0, 0.1) is 19.7 Å². The lowest BCUT2D eigenvalue weighted by molar-refractivity contribution is 0.101. The first-order valence-corrected chi connectivity index (χ1v) is 9.14. The molecule has 0 aliphatic rings. The van der Waals surface area contributed by atoms with Crippen LogP contribution in [0.5, 0.6) is 5.75 Å². The van der Waals surface area contributed by atoms with Crippen LogP contribution in [0.4, 0.5) is 9.52 Å². The van der Waals surface area contributed by atoms with E-state index in [2.05, 4.69) is 25.4 Å². The topological polar surface area (TPSA) is 94.3 Å². The third kappa shape index (κ3) is 3.29. The number of amides is 1. The number of methoxy groups -OCH3 is 1. The molecule has 0 aliphatic carbocycles. The Labute approximate surface area is 163 Å². The Bertz CT molecular complexity index is 1200. The summed E-state index contributed by atoms with van der Waals surface area (Å²) in [5, 5.41) is 8.94. The highest BCUT2D eigenvalue weighted by atomic mass is 32.1. The molecule has 0 unspecified atom stereocenters. The summed E-state index contributed by atoms with van der Waals surface area (Å²) in [6, 6.07) is 6.41. The number of aryl methyl sites for hydroxylation is 2. The third-order valence-corrected chi connectivity index (χ3v) is 4.75. The van der Waals surface area contributed by atoms with Crippen molar-refractivity contribution in [3.05, 3.63) is 52.7 Å². The van der Waals surface area contributed by atoms with Gasteiger partial charge in [-0.3, -0.25) is 10.1 Å². The minimum Gasteiger partial charge on any atom is -0.494 e. The second-order valence-corrected chi connectivity index (χ2v) is 6.89. The molecule has 142 valence electrons. The van der Waals surface area contributed by atoms with Gasteiger partial charge in [-0.1, -0.05) is 0 Å². The first kappa shape index (κ1) is 18.0. The average Bonchev–Trinajstić information content (AvgIpc) is 3.28. The normalized spacial score (nSPS) is 11.0. The second kappa shape index (κ2) is 6.97. The number of fused-ring (bicyclic) bond motifs is 1. The highest BCUT2D eigenvalue weighted by molar-refractivity contribution is 7.14. The maximum atomic E-state index is 13.9. The maximum Gasteiger partial charge on any atom is 0.297 e. The van der Waals surface area contributed by atoms with E-state index in [0.29, 0.717) is 22.2 Å². The number of rotatable bonds is 4. The Morgan fingerprint density at radius 2 is 2.04 bits per heavy atom. The molecule has 10 heteroatoms. The smallest absolute Gasteiger partial charge is 0.297 e. The molecule has 0 bridgehead atoms. The van der Waals surface area contributed by atoms with Crippen LogP contribution in [-0.2, 0) is 0 Å². The van der Waals surface area contributed by atoms with Crippen molar-refractivity contribution < 1.29 is 13.9 Å². The van der Waals surface area contributed by atoms with Crippen molar-refractivity contribution in [3.8, 4) is 17.0 Å². The van der Waals surface area contributed by atoms with Gasteiger partial charge in [-0.05, 0) is 38.1 Å². The molecule has 0 spiro atoms. The fraction of sp³-hybridized carbons (Fsp3) is 0.167. The van der Waals surface area contributed by atoms with Gasteiger partial charge in [0.25, 0.3) is 11.7 Å². The molecule has 0 saturated heterocycles. The van der Waals surface area contributed by atoms with E-state index in [9.17, 15) is 9.18 Å². The summed E-state index contributed by atoms with van der Waals surface area (Å²) in [5.74, 6) is -0.468. The number of carbonyl (C=O) groups is 1. The summed E-state index contributed by atoms with van der Waals surface area (Å²) in [6.45, 7) is 3.71. The van der Waals surface area contributed by atoms with Crippen molar-refractivity contribution in [2.45, 2.75) is 13.8 Å². The Morgan fingerprint density at radius 3 is 2.79 bits per heavy atom. The number of carbonyl (C=O) groups excluding carboxylic acids is 1. The number of nitrogens with one attached hydrogen (secondary N) is 1. The number of anilines is 1. The van der Waals surface area contributed by atoms with E-state index in [4.69, 9.17) is 4.74 Å². The van der Waals surface area contributed by atoms with Crippen LogP contribution in [0.3, 0.4) is 0 Å². The summed E-state index contributed by atoms with van der Waals surface area (Å²) in [4.78, 5) is 25.2. The SMILES string of the molecule is COc1ccc(-c2csc(NC(=O)c3nc4nc(C)cc(C)n4n3)n2)cc1F. The largest absolute Gasteiger partial charge is 0.494 e. The van der Waals surface area contributed by atoms with Crippen LogP contribution < -0.4 is 10.1 Å². The monoisotopic (exact) mass is 398 g/mol. The number of nitrogens with zero attached hydrogens (tertiary/aromatic N) is 5. The molecule has 1 aromatic carbocycles. The van der Waals surface area contributed by atoms with Gasteiger partial charge in [0.1, 0.15) is 0 Å². The van der Waals surface area contributed by atoms with E-state index in [1.165, 1.54) is 35.1 Å². The standard InChI is InChI=1S/C18H15FN6O2S/c1-9-6-10(2)25-17(20-9)22-15(24-25)16(26)23-18-21-13(8-28-18)11-4-5-14(27-3)12(19)7-11/h4-8H,1-3H3,(H,21,23,26). The Hall–Kier alpha value is -3.40. The van der Waals surface area contributed by atoms with Gasteiger partial charge in [0.15, 0.2) is 16.7 Å². The van der Waals surface area contributed by atoms with Crippen LogP contribution >= 0.6 is 11.3 Å². The molecule has 8 nitrogen and oxygen atoms in total. The second-order valence-electron chi connectivity index (χ2n) is 6.03. The van der Waals surface area contributed by atoms with Crippen LogP contribution in [0.25, 0.3) is 17.0 Å². The van der Waals surface area contributed by atoms with E-state index in [-0.39, 0.29) is 11.6 Å². The van der Waals surface area contributed by atoms with Crippen molar-refractivity contribution in [2.75, 3.05) is 12.4 Å². The Morgan fingerprint density at radius 1 is 1.21 bits per heavy atom. The molecule has 3 aromatic heterocycles. The zero-order valence-electron chi connectivity index (χ0n) is 15.2. The lowest BCUT2D eigenvalue weighted by Crippen LogP contribution is -2.13. The van der Waals surface area contributed by atoms with Gasteiger partial charge in [-0.2, -0.15) is 4.98 Å². The lowest BCUT2D eigenvalue weighted by atomic mass is 10.1. The van der Waals surface area contributed by atoms with Crippen LogP contribution in [-0.4, -0.2) is 37.6 Å². The van der Waals surface area contributed by atoms with Gasteiger partial charge < -0.3 is 4.74 Å². The fourth-order valence-electron chi connectivity index (χ4n) is 2.70. The van der Waals surface area contributed by atoms with E-state index in [0.717, 1.165) is 11.4 Å². The van der Waals surface area contributed by atoms with E-state index in [1.54, 1.807) is 11.4 Å². The van der Waals surface area contributed by atoms with Crippen LogP contribution in [0.1, 0.15) is 22.0 Å². The first-order chi connectivity index (χ1) is 13.4. The summed E-state index contributed by atoms with van der Waals surface area (Å²) < 4.78 is 20.3. The number of benzene rings is 1. The van der Waals surface area contributed by atoms with Crippen molar-refractivity contribution >= 4 is 28.2 Å². The number of ether oxygens (including phenoxy) is 1. The number of thiazole rings is 1. The van der Waals surface area contributed by atoms with Crippen molar-refractivity contribution in [1.82, 2.24) is 24.6 Å². The number of halogens is 1. The van der Waals surface area contributed by atoms with Crippen molar-refractivity contribution in [1.29, 1.82) is 0 Å². The third-order valence-electron chi connectivity index (χ3n) is 3.99. The van der Waals surface area contributed by atoms with Gasteiger partial charge in [0, 0.05) is 22.3 Å².